The predicted octanol–water partition coefficient (Wildman–Crippen LogP) is 4.77. The molecule has 5 rings (SSSR count). The molecule has 212 valence electrons. The molecule has 0 spiro atoms. The van der Waals surface area contributed by atoms with Crippen molar-refractivity contribution >= 4 is 23.4 Å². The van der Waals surface area contributed by atoms with Crippen LogP contribution in [0.5, 0.6) is 11.5 Å². The standard InChI is InChI=1S/C30H31ClN6O4/c1-17-14-25(28(39)36-35-17)41-24-10-8-22(33-18(24)2)27(38)34-19(3)29(40)37-23(20-6-4-7-21(31)15-20)9-11-26(37)30(16-32)12-5-13-30/h4,6-8,10,14-15,19,23,26H,5,9,11-13H2,1-3H3,(H,34,38)(H,36,39)/t19?,23-,26+/m0/s1. The van der Waals surface area contributed by atoms with Crippen LogP contribution in [0.15, 0.2) is 47.3 Å². The number of likely N-dealkylation sites (tertiary alicyclic amines) is 1. The summed E-state index contributed by atoms with van der Waals surface area (Å²) in [5.41, 5.74) is 0.931. The number of nitrogens with zero attached hydrogens (tertiary/aromatic N) is 4. The molecule has 11 heteroatoms. The minimum atomic E-state index is -0.864. The molecule has 2 fully saturated rings. The first-order valence-electron chi connectivity index (χ1n) is 13.6. The number of H-pyrrole nitrogens is 1. The van der Waals surface area contributed by atoms with E-state index in [-0.39, 0.29) is 29.4 Å². The normalized spacial score (nSPS) is 20.0. The maximum atomic E-state index is 14.0. The molecule has 1 aromatic carbocycles. The Morgan fingerprint density at radius 3 is 2.63 bits per heavy atom. The highest BCUT2D eigenvalue weighted by Gasteiger charge is 2.53. The average Bonchev–Trinajstić information content (AvgIpc) is 3.36. The van der Waals surface area contributed by atoms with Crippen LogP contribution >= 0.6 is 11.6 Å². The van der Waals surface area contributed by atoms with Crippen molar-refractivity contribution in [2.24, 2.45) is 5.41 Å². The number of carbonyl (C=O) groups excluding carboxylic acids is 2. The van der Waals surface area contributed by atoms with Crippen molar-refractivity contribution in [2.75, 3.05) is 0 Å². The highest BCUT2D eigenvalue weighted by Crippen LogP contribution is 2.52. The number of hydrogen-bond donors (Lipinski definition) is 2. The quantitative estimate of drug-likeness (QED) is 0.414. The van der Waals surface area contributed by atoms with Crippen LogP contribution < -0.4 is 15.6 Å². The van der Waals surface area contributed by atoms with Gasteiger partial charge >= 0.3 is 5.56 Å². The molecule has 3 aromatic rings. The number of rotatable bonds is 7. The summed E-state index contributed by atoms with van der Waals surface area (Å²) >= 11 is 6.28. The second-order valence-electron chi connectivity index (χ2n) is 10.8. The Morgan fingerprint density at radius 2 is 1.98 bits per heavy atom. The van der Waals surface area contributed by atoms with Crippen LogP contribution in [0.25, 0.3) is 0 Å². The van der Waals surface area contributed by atoms with E-state index in [1.807, 2.05) is 23.1 Å². The molecule has 1 saturated heterocycles. The lowest BCUT2D eigenvalue weighted by Gasteiger charge is -2.46. The molecule has 41 heavy (non-hydrogen) atoms. The molecule has 0 bridgehead atoms. The molecular weight excluding hydrogens is 544 g/mol. The second kappa shape index (κ2) is 11.3. The summed E-state index contributed by atoms with van der Waals surface area (Å²) in [6, 6.07) is 13.1. The molecule has 2 aliphatic rings. The number of hydrogen-bond acceptors (Lipinski definition) is 7. The lowest BCUT2D eigenvalue weighted by atomic mass is 9.64. The Bertz CT molecular complexity index is 1590. The third kappa shape index (κ3) is 5.55. The Hall–Kier alpha value is -4.23. The van der Waals surface area contributed by atoms with Crippen LogP contribution in [0.1, 0.15) is 72.5 Å². The number of carbonyl (C=O) groups is 2. The fraction of sp³-hybridized carbons (Fsp3) is 0.400. The number of halogens is 1. The van der Waals surface area contributed by atoms with E-state index in [9.17, 15) is 19.6 Å². The van der Waals surface area contributed by atoms with Gasteiger partial charge in [-0.15, -0.1) is 0 Å². The number of ether oxygens (including phenoxy) is 1. The van der Waals surface area contributed by atoms with E-state index in [0.717, 1.165) is 24.8 Å². The number of aromatic amines is 1. The molecule has 1 saturated carbocycles. The van der Waals surface area contributed by atoms with Crippen LogP contribution in [-0.2, 0) is 4.79 Å². The van der Waals surface area contributed by atoms with Crippen molar-refractivity contribution in [1.82, 2.24) is 25.4 Å². The number of benzene rings is 1. The van der Waals surface area contributed by atoms with Crippen LogP contribution in [-0.4, -0.2) is 44.0 Å². The molecule has 2 amide bonds. The van der Waals surface area contributed by atoms with Gasteiger partial charge in [0.15, 0.2) is 5.75 Å². The topological polar surface area (TPSA) is 141 Å². The second-order valence-corrected chi connectivity index (χ2v) is 11.2. The van der Waals surface area contributed by atoms with Crippen LogP contribution in [0.4, 0.5) is 0 Å². The third-order valence-electron chi connectivity index (χ3n) is 8.08. The first-order chi connectivity index (χ1) is 19.6. The molecule has 1 aliphatic heterocycles. The largest absolute Gasteiger partial charge is 0.450 e. The van der Waals surface area contributed by atoms with Crippen molar-refractivity contribution < 1.29 is 14.3 Å². The lowest BCUT2D eigenvalue weighted by molar-refractivity contribution is -0.139. The van der Waals surface area contributed by atoms with Gasteiger partial charge in [0.1, 0.15) is 17.5 Å². The van der Waals surface area contributed by atoms with Crippen molar-refractivity contribution in [3.05, 3.63) is 80.5 Å². The maximum Gasteiger partial charge on any atom is 0.307 e. The fourth-order valence-corrected chi connectivity index (χ4v) is 5.99. The van der Waals surface area contributed by atoms with Crippen molar-refractivity contribution in [1.29, 1.82) is 5.26 Å². The van der Waals surface area contributed by atoms with Gasteiger partial charge in [-0.3, -0.25) is 14.4 Å². The number of aryl methyl sites for hydroxylation is 2. The molecule has 2 N–H and O–H groups in total. The van der Waals surface area contributed by atoms with Gasteiger partial charge in [0.25, 0.3) is 5.91 Å². The summed E-state index contributed by atoms with van der Waals surface area (Å²) in [6.07, 6.45) is 3.88. The Kier molecular flexibility index (Phi) is 7.82. The lowest BCUT2D eigenvalue weighted by Crippen LogP contribution is -2.55. The number of nitrogens with one attached hydrogen (secondary N) is 2. The van der Waals surface area contributed by atoms with E-state index in [0.29, 0.717) is 35.0 Å². The van der Waals surface area contributed by atoms with Crippen molar-refractivity contribution in [3.63, 3.8) is 0 Å². The molecular formula is C30H31ClN6O4. The van der Waals surface area contributed by atoms with Gasteiger partial charge in [-0.25, -0.2) is 10.1 Å². The van der Waals surface area contributed by atoms with Gasteiger partial charge in [0.2, 0.25) is 5.91 Å². The number of amides is 2. The first-order valence-corrected chi connectivity index (χ1v) is 14.0. The van der Waals surface area contributed by atoms with Gasteiger partial charge in [0, 0.05) is 11.1 Å². The number of aromatic nitrogens is 3. The molecule has 0 radical (unpaired) electrons. The van der Waals surface area contributed by atoms with E-state index in [1.165, 1.54) is 12.1 Å². The van der Waals surface area contributed by atoms with E-state index >= 15 is 0 Å². The smallest absolute Gasteiger partial charge is 0.307 e. The van der Waals surface area contributed by atoms with Crippen molar-refractivity contribution in [2.45, 2.75) is 71.0 Å². The average molecular weight is 575 g/mol. The fourth-order valence-electron chi connectivity index (χ4n) is 5.79. The van der Waals surface area contributed by atoms with Crippen LogP contribution in [0.2, 0.25) is 5.02 Å². The van der Waals surface area contributed by atoms with E-state index < -0.39 is 22.9 Å². The van der Waals surface area contributed by atoms with Gasteiger partial charge in [-0.1, -0.05) is 30.2 Å². The molecule has 1 unspecified atom stereocenters. The molecule has 3 atom stereocenters. The zero-order chi connectivity index (χ0) is 29.3. The first kappa shape index (κ1) is 28.3. The monoisotopic (exact) mass is 574 g/mol. The summed E-state index contributed by atoms with van der Waals surface area (Å²) in [7, 11) is 0. The Balaban J connectivity index is 1.34. The maximum absolute atomic E-state index is 14.0. The van der Waals surface area contributed by atoms with Crippen LogP contribution in [0, 0.1) is 30.6 Å². The third-order valence-corrected chi connectivity index (χ3v) is 8.32. The van der Waals surface area contributed by atoms with Crippen molar-refractivity contribution in [3.8, 4) is 17.6 Å². The minimum absolute atomic E-state index is 0.0647. The summed E-state index contributed by atoms with van der Waals surface area (Å²) in [5.74, 6) is -0.397. The summed E-state index contributed by atoms with van der Waals surface area (Å²) in [4.78, 5) is 45.3. The Morgan fingerprint density at radius 1 is 1.20 bits per heavy atom. The van der Waals surface area contributed by atoms with Gasteiger partial charge in [-0.2, -0.15) is 10.4 Å². The molecule has 1 aliphatic carbocycles. The SMILES string of the molecule is Cc1cc(Oc2ccc(C(=O)NC(C)C(=O)N3[C@H](c4cccc(Cl)c4)CC[C@@H]3C3(C#N)CCC3)nc2C)c(=O)[nH]n1. The predicted molar refractivity (Wildman–Crippen MR) is 152 cm³/mol. The highest BCUT2D eigenvalue weighted by atomic mass is 35.5. The zero-order valence-corrected chi connectivity index (χ0v) is 23.9. The zero-order valence-electron chi connectivity index (χ0n) is 23.1. The van der Waals surface area contributed by atoms with Gasteiger partial charge < -0.3 is 15.0 Å². The number of pyridine rings is 1. The summed E-state index contributed by atoms with van der Waals surface area (Å²) < 4.78 is 5.70. The van der Waals surface area contributed by atoms with Crippen LogP contribution in [0.3, 0.4) is 0 Å². The highest BCUT2D eigenvalue weighted by molar-refractivity contribution is 6.30. The molecule has 10 nitrogen and oxygen atoms in total. The Labute approximate surface area is 242 Å². The van der Waals surface area contributed by atoms with Gasteiger partial charge in [0.05, 0.1) is 35.0 Å². The van der Waals surface area contributed by atoms with E-state index in [4.69, 9.17) is 16.3 Å². The summed E-state index contributed by atoms with van der Waals surface area (Å²) in [6.45, 7) is 5.03. The molecule has 3 heterocycles. The molecule has 2 aromatic heterocycles. The van der Waals surface area contributed by atoms with E-state index in [1.54, 1.807) is 32.9 Å². The number of nitriles is 1. The van der Waals surface area contributed by atoms with E-state index in [2.05, 4.69) is 26.6 Å². The van der Waals surface area contributed by atoms with Gasteiger partial charge in [-0.05, 0) is 76.3 Å². The summed E-state index contributed by atoms with van der Waals surface area (Å²) in [5, 5.41) is 19.6. The minimum Gasteiger partial charge on any atom is -0.450 e.